The smallest absolute Gasteiger partial charge is 0.123 e. The first-order valence-corrected chi connectivity index (χ1v) is 10.5. The quantitative estimate of drug-likeness (QED) is 0.823. The average Bonchev–Trinajstić information content (AvgIpc) is 3.20. The topological polar surface area (TPSA) is 22.6 Å². The van der Waals surface area contributed by atoms with Crippen molar-refractivity contribution in [1.82, 2.24) is 14.8 Å². The first-order chi connectivity index (χ1) is 12.7. The van der Waals surface area contributed by atoms with Gasteiger partial charge in [0.15, 0.2) is 0 Å². The minimum absolute atomic E-state index is 0.160. The molecule has 2 fully saturated rings. The highest BCUT2D eigenvalue weighted by Gasteiger charge is 2.34. The highest BCUT2D eigenvalue weighted by molar-refractivity contribution is 7.11. The van der Waals surface area contributed by atoms with Crippen molar-refractivity contribution < 1.29 is 4.39 Å². The number of hydrogen-bond acceptors (Lipinski definition) is 5. The third-order valence-corrected chi connectivity index (χ3v) is 7.10. The van der Waals surface area contributed by atoms with Crippen molar-refractivity contribution in [2.75, 3.05) is 44.2 Å². The van der Waals surface area contributed by atoms with Crippen LogP contribution in [0.1, 0.15) is 22.0 Å². The van der Waals surface area contributed by atoms with Gasteiger partial charge in [0.1, 0.15) is 10.8 Å². The number of aromatic nitrogens is 1. The molecule has 1 aromatic carbocycles. The number of rotatable bonds is 4. The summed E-state index contributed by atoms with van der Waals surface area (Å²) in [5.74, 6) is -0.160. The molecule has 3 aliphatic rings. The van der Waals surface area contributed by atoms with Gasteiger partial charge in [0.2, 0.25) is 0 Å². The summed E-state index contributed by atoms with van der Waals surface area (Å²) in [6.07, 6.45) is 3.73. The molecule has 0 saturated carbocycles. The number of benzene rings is 1. The van der Waals surface area contributed by atoms with E-state index in [1.807, 2.05) is 23.5 Å². The van der Waals surface area contributed by atoms with Gasteiger partial charge in [-0.1, -0.05) is 0 Å². The fourth-order valence-corrected chi connectivity index (χ4v) is 5.60. The van der Waals surface area contributed by atoms with E-state index in [0.29, 0.717) is 6.04 Å². The molecule has 0 N–H and O–H groups in total. The summed E-state index contributed by atoms with van der Waals surface area (Å²) < 4.78 is 13.1. The second-order valence-corrected chi connectivity index (χ2v) is 8.85. The second-order valence-electron chi connectivity index (χ2n) is 7.68. The van der Waals surface area contributed by atoms with Crippen LogP contribution in [0.4, 0.5) is 10.1 Å². The predicted octanol–water partition coefficient (Wildman–Crippen LogP) is 2.78. The van der Waals surface area contributed by atoms with E-state index in [4.69, 9.17) is 4.98 Å². The molecule has 0 radical (unpaired) electrons. The Hall–Kier alpha value is -1.50. The van der Waals surface area contributed by atoms with Crippen LogP contribution in [-0.4, -0.2) is 60.1 Å². The van der Waals surface area contributed by atoms with Gasteiger partial charge >= 0.3 is 0 Å². The van der Waals surface area contributed by atoms with Gasteiger partial charge in [-0.05, 0) is 43.5 Å². The second kappa shape index (κ2) is 6.91. The van der Waals surface area contributed by atoms with E-state index in [9.17, 15) is 4.39 Å². The van der Waals surface area contributed by atoms with E-state index in [1.165, 1.54) is 47.9 Å². The van der Waals surface area contributed by atoms with E-state index in [1.54, 1.807) is 12.1 Å². The Morgan fingerprint density at radius 1 is 1.04 bits per heavy atom. The summed E-state index contributed by atoms with van der Waals surface area (Å²) in [5, 5.41) is 1.31. The maximum Gasteiger partial charge on any atom is 0.123 e. The highest BCUT2D eigenvalue weighted by atomic mass is 32.1. The zero-order valence-corrected chi connectivity index (χ0v) is 15.8. The van der Waals surface area contributed by atoms with Crippen molar-refractivity contribution >= 4 is 17.0 Å². The number of fused-ring (bicyclic) bond motifs is 1. The molecule has 1 aliphatic carbocycles. The molecule has 0 amide bonds. The van der Waals surface area contributed by atoms with E-state index in [2.05, 4.69) is 14.7 Å². The van der Waals surface area contributed by atoms with Gasteiger partial charge in [-0.25, -0.2) is 9.37 Å². The first kappa shape index (κ1) is 16.7. The fraction of sp³-hybridized carbons (Fsp3) is 0.550. The summed E-state index contributed by atoms with van der Waals surface area (Å²) in [7, 11) is 0. The number of halogens is 1. The van der Waals surface area contributed by atoms with E-state index in [0.717, 1.165) is 38.4 Å². The molecule has 0 spiro atoms. The molecule has 2 saturated heterocycles. The lowest BCUT2D eigenvalue weighted by Crippen LogP contribution is -2.62. The summed E-state index contributed by atoms with van der Waals surface area (Å²) in [4.78, 5) is 13.9. The number of piperazine rings is 1. The summed E-state index contributed by atoms with van der Waals surface area (Å²) in [5.41, 5.74) is 2.51. The molecule has 3 heterocycles. The maximum absolute atomic E-state index is 13.1. The lowest BCUT2D eigenvalue weighted by atomic mass is 10.1. The molecule has 138 valence electrons. The minimum Gasteiger partial charge on any atom is -0.369 e. The number of likely N-dealkylation sites (tertiary alicyclic amines) is 1. The zero-order valence-electron chi connectivity index (χ0n) is 15.0. The van der Waals surface area contributed by atoms with Crippen molar-refractivity contribution in [2.24, 2.45) is 0 Å². The molecule has 0 bridgehead atoms. The molecule has 0 unspecified atom stereocenters. The monoisotopic (exact) mass is 372 g/mol. The Morgan fingerprint density at radius 2 is 1.81 bits per heavy atom. The van der Waals surface area contributed by atoms with Crippen LogP contribution in [0.2, 0.25) is 0 Å². The van der Waals surface area contributed by atoms with Gasteiger partial charge in [-0.2, -0.15) is 0 Å². The molecule has 5 rings (SSSR count). The van der Waals surface area contributed by atoms with Crippen molar-refractivity contribution in [3.63, 3.8) is 0 Å². The van der Waals surface area contributed by atoms with Crippen LogP contribution < -0.4 is 4.90 Å². The maximum atomic E-state index is 13.1. The number of anilines is 1. The van der Waals surface area contributed by atoms with Crippen LogP contribution in [0.25, 0.3) is 0 Å². The largest absolute Gasteiger partial charge is 0.369 e. The Labute approximate surface area is 158 Å². The van der Waals surface area contributed by atoms with Crippen molar-refractivity contribution in [3.05, 3.63) is 45.7 Å². The van der Waals surface area contributed by atoms with Crippen LogP contribution in [0.15, 0.2) is 24.3 Å². The Kier molecular flexibility index (Phi) is 4.43. The lowest BCUT2D eigenvalue weighted by Gasteiger charge is -2.48. The third kappa shape index (κ3) is 3.26. The molecular weight excluding hydrogens is 347 g/mol. The number of aryl methyl sites for hydroxylation is 2. The summed E-state index contributed by atoms with van der Waals surface area (Å²) >= 11 is 1.94. The van der Waals surface area contributed by atoms with Crippen LogP contribution in [0.5, 0.6) is 0 Å². The lowest BCUT2D eigenvalue weighted by molar-refractivity contribution is 0.0256. The van der Waals surface area contributed by atoms with Gasteiger partial charge in [0, 0.05) is 55.9 Å². The van der Waals surface area contributed by atoms with Crippen molar-refractivity contribution in [2.45, 2.75) is 31.8 Å². The van der Waals surface area contributed by atoms with Gasteiger partial charge in [0.25, 0.3) is 0 Å². The van der Waals surface area contributed by atoms with E-state index >= 15 is 0 Å². The standard InChI is InChI=1S/C20H25FN4S/c21-15-4-6-16(7-5-15)24-8-10-25(11-9-24)17-12-23(13-17)14-20-22-18-2-1-3-19(18)26-20/h4-7,17H,1-3,8-14H2. The summed E-state index contributed by atoms with van der Waals surface area (Å²) in [6.45, 7) is 7.62. The zero-order chi connectivity index (χ0) is 17.5. The SMILES string of the molecule is Fc1ccc(N2CCN(C3CN(Cc4nc5c(s4)CCC5)C3)CC2)cc1. The van der Waals surface area contributed by atoms with Gasteiger partial charge in [0.05, 0.1) is 12.2 Å². The predicted molar refractivity (Wildman–Crippen MR) is 103 cm³/mol. The Balaban J connectivity index is 1.09. The molecule has 2 aromatic rings. The molecule has 2 aliphatic heterocycles. The Morgan fingerprint density at radius 3 is 2.54 bits per heavy atom. The number of nitrogens with zero attached hydrogens (tertiary/aromatic N) is 4. The van der Waals surface area contributed by atoms with Crippen LogP contribution in [-0.2, 0) is 19.4 Å². The summed E-state index contributed by atoms with van der Waals surface area (Å²) in [6, 6.07) is 7.58. The van der Waals surface area contributed by atoms with Gasteiger partial charge in [-0.3, -0.25) is 9.80 Å². The van der Waals surface area contributed by atoms with Gasteiger partial charge < -0.3 is 4.90 Å². The fourth-order valence-electron chi connectivity index (χ4n) is 4.40. The Bertz CT molecular complexity index is 739. The number of hydrogen-bond donors (Lipinski definition) is 0. The molecular formula is C20H25FN4S. The first-order valence-electron chi connectivity index (χ1n) is 9.69. The van der Waals surface area contributed by atoms with E-state index in [-0.39, 0.29) is 5.82 Å². The molecule has 1 aromatic heterocycles. The van der Waals surface area contributed by atoms with Crippen LogP contribution >= 0.6 is 11.3 Å². The minimum atomic E-state index is -0.160. The normalized spacial score (nSPS) is 21.8. The van der Waals surface area contributed by atoms with E-state index < -0.39 is 0 Å². The third-order valence-electron chi connectivity index (χ3n) is 5.96. The molecule has 6 heteroatoms. The van der Waals surface area contributed by atoms with Crippen LogP contribution in [0.3, 0.4) is 0 Å². The number of thiazole rings is 1. The van der Waals surface area contributed by atoms with Gasteiger partial charge in [-0.15, -0.1) is 11.3 Å². The molecule has 4 nitrogen and oxygen atoms in total. The van der Waals surface area contributed by atoms with Crippen molar-refractivity contribution in [3.8, 4) is 0 Å². The average molecular weight is 373 g/mol. The van der Waals surface area contributed by atoms with Crippen LogP contribution in [0, 0.1) is 5.82 Å². The molecule has 0 atom stereocenters. The highest BCUT2D eigenvalue weighted by Crippen LogP contribution is 2.29. The van der Waals surface area contributed by atoms with Crippen molar-refractivity contribution in [1.29, 1.82) is 0 Å². The molecule has 26 heavy (non-hydrogen) atoms.